The Balaban J connectivity index is 2.12. The molecule has 0 aliphatic heterocycles. The standard InChI is InChI=1S/C12H15N3O2/c1-12(2,3)11(16)17-8-15-10-7-5-4-6-9(10)13-14-15/h4-7H,8H2,1-3H3. The van der Waals surface area contributed by atoms with Crippen LogP contribution in [-0.4, -0.2) is 21.0 Å². The van der Waals surface area contributed by atoms with E-state index in [9.17, 15) is 4.79 Å². The Bertz CT molecular complexity index is 540. The summed E-state index contributed by atoms with van der Waals surface area (Å²) in [7, 11) is 0. The summed E-state index contributed by atoms with van der Waals surface area (Å²) in [5.74, 6) is -0.253. The molecule has 1 heterocycles. The van der Waals surface area contributed by atoms with Crippen molar-refractivity contribution in [3.8, 4) is 0 Å². The Labute approximate surface area is 99.4 Å². The van der Waals surface area contributed by atoms with E-state index in [0.29, 0.717) is 0 Å². The lowest BCUT2D eigenvalue weighted by Gasteiger charge is -2.16. The molecule has 0 fully saturated rings. The summed E-state index contributed by atoms with van der Waals surface area (Å²) in [6.45, 7) is 5.54. The predicted molar refractivity (Wildman–Crippen MR) is 63.1 cm³/mol. The van der Waals surface area contributed by atoms with Gasteiger partial charge in [0.05, 0.1) is 10.9 Å². The van der Waals surface area contributed by atoms with E-state index in [0.717, 1.165) is 11.0 Å². The molecule has 2 rings (SSSR count). The average Bonchev–Trinajstić information content (AvgIpc) is 2.68. The van der Waals surface area contributed by atoms with Gasteiger partial charge in [-0.1, -0.05) is 17.3 Å². The van der Waals surface area contributed by atoms with Crippen molar-refractivity contribution in [3.63, 3.8) is 0 Å². The first-order chi connectivity index (χ1) is 7.98. The van der Waals surface area contributed by atoms with Crippen molar-refractivity contribution in [2.24, 2.45) is 5.41 Å². The molecule has 2 aromatic rings. The van der Waals surface area contributed by atoms with Crippen LogP contribution in [0.3, 0.4) is 0 Å². The highest BCUT2D eigenvalue weighted by Crippen LogP contribution is 2.16. The molecule has 0 bridgehead atoms. The Morgan fingerprint density at radius 3 is 2.76 bits per heavy atom. The van der Waals surface area contributed by atoms with Crippen LogP contribution in [0.25, 0.3) is 11.0 Å². The quantitative estimate of drug-likeness (QED) is 0.744. The first-order valence-electron chi connectivity index (χ1n) is 5.44. The van der Waals surface area contributed by atoms with Crippen LogP contribution in [0.1, 0.15) is 20.8 Å². The maximum atomic E-state index is 11.6. The second-order valence-electron chi connectivity index (χ2n) is 4.89. The molecular formula is C12H15N3O2. The van der Waals surface area contributed by atoms with E-state index in [-0.39, 0.29) is 12.7 Å². The van der Waals surface area contributed by atoms with E-state index in [1.165, 1.54) is 0 Å². The first kappa shape index (κ1) is 11.6. The zero-order chi connectivity index (χ0) is 12.5. The van der Waals surface area contributed by atoms with Gasteiger partial charge in [0.25, 0.3) is 0 Å². The molecule has 5 heteroatoms. The van der Waals surface area contributed by atoms with Gasteiger partial charge in [0, 0.05) is 0 Å². The molecule has 0 aliphatic rings. The lowest BCUT2D eigenvalue weighted by molar-refractivity contribution is -0.157. The van der Waals surface area contributed by atoms with E-state index < -0.39 is 5.41 Å². The van der Waals surface area contributed by atoms with Crippen LogP contribution in [0.15, 0.2) is 24.3 Å². The molecule has 5 nitrogen and oxygen atoms in total. The fraction of sp³-hybridized carbons (Fsp3) is 0.417. The van der Waals surface area contributed by atoms with Crippen LogP contribution in [0.2, 0.25) is 0 Å². The number of ether oxygens (including phenoxy) is 1. The Kier molecular flexibility index (Phi) is 2.83. The SMILES string of the molecule is CC(C)(C)C(=O)OCn1nnc2ccccc21. The number of carbonyl (C=O) groups excluding carboxylic acids is 1. The fourth-order valence-electron chi connectivity index (χ4n) is 1.35. The smallest absolute Gasteiger partial charge is 0.313 e. The number of fused-ring (bicyclic) bond motifs is 1. The normalized spacial score (nSPS) is 11.7. The van der Waals surface area contributed by atoms with Crippen molar-refractivity contribution >= 4 is 17.0 Å². The van der Waals surface area contributed by atoms with Crippen LogP contribution in [-0.2, 0) is 16.3 Å². The van der Waals surface area contributed by atoms with Gasteiger partial charge < -0.3 is 4.74 Å². The fourth-order valence-corrected chi connectivity index (χ4v) is 1.35. The Morgan fingerprint density at radius 1 is 1.35 bits per heavy atom. The Morgan fingerprint density at radius 2 is 2.06 bits per heavy atom. The highest BCUT2D eigenvalue weighted by molar-refractivity contribution is 5.76. The molecule has 0 spiro atoms. The van der Waals surface area contributed by atoms with Crippen molar-refractivity contribution < 1.29 is 9.53 Å². The van der Waals surface area contributed by atoms with Gasteiger partial charge in [-0.25, -0.2) is 4.68 Å². The summed E-state index contributed by atoms with van der Waals surface area (Å²) < 4.78 is 6.75. The topological polar surface area (TPSA) is 57.0 Å². The maximum absolute atomic E-state index is 11.6. The summed E-state index contributed by atoms with van der Waals surface area (Å²) >= 11 is 0. The lowest BCUT2D eigenvalue weighted by atomic mass is 9.98. The molecule has 0 unspecified atom stereocenters. The number of hydrogen-bond donors (Lipinski definition) is 0. The van der Waals surface area contributed by atoms with Crippen molar-refractivity contribution in [1.82, 2.24) is 15.0 Å². The van der Waals surface area contributed by atoms with Crippen LogP contribution < -0.4 is 0 Å². The predicted octanol–water partition coefficient (Wildman–Crippen LogP) is 1.98. The molecule has 0 N–H and O–H groups in total. The van der Waals surface area contributed by atoms with E-state index in [1.807, 2.05) is 45.0 Å². The van der Waals surface area contributed by atoms with E-state index in [2.05, 4.69) is 10.3 Å². The lowest BCUT2D eigenvalue weighted by Crippen LogP contribution is -2.24. The molecule has 0 aliphatic carbocycles. The zero-order valence-corrected chi connectivity index (χ0v) is 10.2. The number of para-hydroxylation sites is 1. The minimum atomic E-state index is -0.504. The zero-order valence-electron chi connectivity index (χ0n) is 10.2. The van der Waals surface area contributed by atoms with Crippen molar-refractivity contribution in [1.29, 1.82) is 0 Å². The third kappa shape index (κ3) is 2.43. The van der Waals surface area contributed by atoms with Gasteiger partial charge in [0.15, 0.2) is 6.73 Å². The van der Waals surface area contributed by atoms with Gasteiger partial charge in [-0.15, -0.1) is 5.10 Å². The van der Waals surface area contributed by atoms with Crippen LogP contribution >= 0.6 is 0 Å². The van der Waals surface area contributed by atoms with Crippen molar-refractivity contribution in [3.05, 3.63) is 24.3 Å². The molecule has 0 radical (unpaired) electrons. The molecule has 90 valence electrons. The van der Waals surface area contributed by atoms with Gasteiger partial charge >= 0.3 is 5.97 Å². The van der Waals surface area contributed by atoms with Crippen LogP contribution in [0.5, 0.6) is 0 Å². The highest BCUT2D eigenvalue weighted by atomic mass is 16.5. The largest absolute Gasteiger partial charge is 0.442 e. The maximum Gasteiger partial charge on any atom is 0.313 e. The van der Waals surface area contributed by atoms with Gasteiger partial charge in [-0.05, 0) is 32.9 Å². The second kappa shape index (κ2) is 4.16. The molecule has 1 aromatic heterocycles. The number of rotatable bonds is 2. The number of nitrogens with zero attached hydrogens (tertiary/aromatic N) is 3. The number of aromatic nitrogens is 3. The summed E-state index contributed by atoms with van der Waals surface area (Å²) in [5.41, 5.74) is 1.14. The third-order valence-electron chi connectivity index (χ3n) is 2.35. The second-order valence-corrected chi connectivity index (χ2v) is 4.89. The highest BCUT2D eigenvalue weighted by Gasteiger charge is 2.23. The van der Waals surface area contributed by atoms with Crippen LogP contribution in [0.4, 0.5) is 0 Å². The summed E-state index contributed by atoms with van der Waals surface area (Å²) in [5, 5.41) is 7.92. The Hall–Kier alpha value is -1.91. The molecule has 0 saturated carbocycles. The number of hydrogen-bond acceptors (Lipinski definition) is 4. The molecule has 1 aromatic carbocycles. The summed E-state index contributed by atoms with van der Waals surface area (Å²) in [6.07, 6.45) is 0. The first-order valence-corrected chi connectivity index (χ1v) is 5.44. The van der Waals surface area contributed by atoms with Gasteiger partial charge in [0.1, 0.15) is 5.52 Å². The van der Waals surface area contributed by atoms with Crippen molar-refractivity contribution in [2.75, 3.05) is 0 Å². The molecule has 0 atom stereocenters. The monoisotopic (exact) mass is 233 g/mol. The number of esters is 1. The van der Waals surface area contributed by atoms with Gasteiger partial charge in [-0.3, -0.25) is 4.79 Å². The number of carbonyl (C=O) groups is 1. The molecule has 0 amide bonds. The molecular weight excluding hydrogens is 218 g/mol. The van der Waals surface area contributed by atoms with E-state index in [4.69, 9.17) is 4.74 Å². The summed E-state index contributed by atoms with van der Waals surface area (Å²) in [6, 6.07) is 7.54. The van der Waals surface area contributed by atoms with E-state index >= 15 is 0 Å². The number of benzene rings is 1. The molecule has 17 heavy (non-hydrogen) atoms. The average molecular weight is 233 g/mol. The molecule has 0 saturated heterocycles. The van der Waals surface area contributed by atoms with Gasteiger partial charge in [0.2, 0.25) is 0 Å². The minimum Gasteiger partial charge on any atom is -0.442 e. The van der Waals surface area contributed by atoms with Crippen molar-refractivity contribution in [2.45, 2.75) is 27.5 Å². The van der Waals surface area contributed by atoms with E-state index in [1.54, 1.807) is 4.68 Å². The minimum absolute atomic E-state index is 0.0939. The van der Waals surface area contributed by atoms with Crippen LogP contribution in [0, 0.1) is 5.41 Å². The summed E-state index contributed by atoms with van der Waals surface area (Å²) in [4.78, 5) is 11.6. The third-order valence-corrected chi connectivity index (χ3v) is 2.35. The van der Waals surface area contributed by atoms with Gasteiger partial charge in [-0.2, -0.15) is 0 Å².